The maximum absolute atomic E-state index is 14.3. The summed E-state index contributed by atoms with van der Waals surface area (Å²) in [5, 5.41) is 0. The highest BCUT2D eigenvalue weighted by Crippen LogP contribution is 2.24. The van der Waals surface area contributed by atoms with Crippen LogP contribution in [0.15, 0.2) is 58.3 Å². The first-order chi connectivity index (χ1) is 19.2. The normalized spacial score (nSPS) is 16.3. The van der Waals surface area contributed by atoms with Crippen LogP contribution in [0.3, 0.4) is 0 Å². The zero-order valence-corrected chi connectivity index (χ0v) is 23.2. The smallest absolute Gasteiger partial charge is 0.331 e. The van der Waals surface area contributed by atoms with Crippen LogP contribution in [-0.2, 0) is 29.0 Å². The highest BCUT2D eigenvalue weighted by Gasteiger charge is 2.31. The first-order valence-corrected chi connectivity index (χ1v) is 13.9. The summed E-state index contributed by atoms with van der Waals surface area (Å²) >= 11 is 0. The van der Waals surface area contributed by atoms with Crippen LogP contribution in [0.2, 0.25) is 0 Å². The zero-order valence-electron chi connectivity index (χ0n) is 23.2. The number of fused-ring (bicyclic) bond motifs is 1. The van der Waals surface area contributed by atoms with E-state index in [0.29, 0.717) is 50.0 Å². The minimum absolute atomic E-state index is 0.0685. The Morgan fingerprint density at radius 1 is 0.950 bits per heavy atom. The zero-order chi connectivity index (χ0) is 28.6. The number of hydrogen-bond donors (Lipinski definition) is 0. The number of likely N-dealkylation sites (tertiary alicyclic amines) is 1. The highest BCUT2D eigenvalue weighted by atomic mass is 19.1. The molecule has 8 nitrogen and oxygen atoms in total. The molecule has 0 saturated carbocycles. The fourth-order valence-corrected chi connectivity index (χ4v) is 5.94. The van der Waals surface area contributed by atoms with Gasteiger partial charge in [-0.15, -0.1) is 0 Å². The van der Waals surface area contributed by atoms with Gasteiger partial charge in [0.2, 0.25) is 11.8 Å². The Labute approximate surface area is 232 Å². The van der Waals surface area contributed by atoms with Gasteiger partial charge in [0.1, 0.15) is 12.4 Å². The van der Waals surface area contributed by atoms with E-state index < -0.39 is 23.1 Å². The fraction of sp³-hybridized carbons (Fsp3) is 0.419. The number of carbonyl (C=O) groups excluding carboxylic acids is 2. The predicted molar refractivity (Wildman–Crippen MR) is 151 cm³/mol. The third-order valence-corrected chi connectivity index (χ3v) is 8.23. The Balaban J connectivity index is 1.32. The summed E-state index contributed by atoms with van der Waals surface area (Å²) in [6.45, 7) is 6.44. The lowest BCUT2D eigenvalue weighted by molar-refractivity contribution is -0.136. The molecular formula is C31H35FN4O4. The van der Waals surface area contributed by atoms with E-state index in [0.717, 1.165) is 16.6 Å². The molecule has 2 aliphatic rings. The minimum atomic E-state index is -0.573. The van der Waals surface area contributed by atoms with Crippen LogP contribution in [0.25, 0.3) is 11.1 Å². The molecule has 0 aliphatic carbocycles. The Hall–Kier alpha value is -4.01. The van der Waals surface area contributed by atoms with Gasteiger partial charge in [0.15, 0.2) is 0 Å². The summed E-state index contributed by atoms with van der Waals surface area (Å²) in [5.41, 5.74) is 2.09. The number of aromatic nitrogens is 2. The van der Waals surface area contributed by atoms with Gasteiger partial charge in [0.05, 0.1) is 12.0 Å². The molecular weight excluding hydrogens is 511 g/mol. The number of benzene rings is 2. The average molecular weight is 547 g/mol. The van der Waals surface area contributed by atoms with Gasteiger partial charge in [0, 0.05) is 37.9 Å². The van der Waals surface area contributed by atoms with E-state index in [9.17, 15) is 23.6 Å². The van der Waals surface area contributed by atoms with Crippen LogP contribution in [0.5, 0.6) is 0 Å². The first-order valence-electron chi connectivity index (χ1n) is 13.9. The van der Waals surface area contributed by atoms with Crippen molar-refractivity contribution in [3.05, 3.63) is 92.0 Å². The molecule has 0 spiro atoms. The molecule has 1 aromatic heterocycles. The molecule has 9 heteroatoms. The number of rotatable bonds is 5. The molecule has 0 radical (unpaired) electrons. The van der Waals surface area contributed by atoms with Crippen LogP contribution >= 0.6 is 0 Å². The predicted octanol–water partition coefficient (Wildman–Crippen LogP) is 3.32. The molecule has 2 aromatic carbocycles. The van der Waals surface area contributed by atoms with E-state index >= 15 is 0 Å². The number of nitrogens with zero attached hydrogens (tertiary/aromatic N) is 4. The summed E-state index contributed by atoms with van der Waals surface area (Å²) in [6.07, 6.45) is 3.94. The Morgan fingerprint density at radius 2 is 1.65 bits per heavy atom. The van der Waals surface area contributed by atoms with Gasteiger partial charge >= 0.3 is 5.69 Å². The van der Waals surface area contributed by atoms with Crippen molar-refractivity contribution in [1.29, 1.82) is 0 Å². The second-order valence-corrected chi connectivity index (χ2v) is 11.0. The molecule has 3 aromatic rings. The number of carbonyl (C=O) groups is 2. The maximum Gasteiger partial charge on any atom is 0.331 e. The van der Waals surface area contributed by atoms with Crippen molar-refractivity contribution in [2.45, 2.75) is 65.1 Å². The first kappa shape index (κ1) is 27.6. The number of amides is 2. The molecule has 0 bridgehead atoms. The molecule has 2 aliphatic heterocycles. The van der Waals surface area contributed by atoms with Crippen molar-refractivity contribution >= 4 is 11.8 Å². The summed E-state index contributed by atoms with van der Waals surface area (Å²) in [5.74, 6) is -0.556. The number of hydrogen-bond acceptors (Lipinski definition) is 4. The van der Waals surface area contributed by atoms with Crippen molar-refractivity contribution in [1.82, 2.24) is 18.9 Å². The van der Waals surface area contributed by atoms with Gasteiger partial charge < -0.3 is 9.80 Å². The molecule has 1 saturated heterocycles. The van der Waals surface area contributed by atoms with Crippen molar-refractivity contribution in [3.63, 3.8) is 0 Å². The van der Waals surface area contributed by atoms with Crippen LogP contribution < -0.4 is 11.2 Å². The maximum atomic E-state index is 14.3. The molecule has 210 valence electrons. The molecule has 3 heterocycles. The van der Waals surface area contributed by atoms with Gasteiger partial charge in [-0.25, -0.2) is 9.18 Å². The summed E-state index contributed by atoms with van der Waals surface area (Å²) in [6, 6.07) is 12.2. The van der Waals surface area contributed by atoms with Crippen molar-refractivity contribution in [2.75, 3.05) is 19.6 Å². The Bertz CT molecular complexity index is 1570. The third-order valence-electron chi connectivity index (χ3n) is 8.23. The van der Waals surface area contributed by atoms with E-state index in [2.05, 4.69) is 6.07 Å². The van der Waals surface area contributed by atoms with Crippen LogP contribution in [0.4, 0.5) is 4.39 Å². The monoisotopic (exact) mass is 546 g/mol. The molecule has 0 N–H and O–H groups in total. The topological polar surface area (TPSA) is 84.6 Å². The van der Waals surface area contributed by atoms with E-state index in [4.69, 9.17) is 0 Å². The van der Waals surface area contributed by atoms with E-state index in [1.54, 1.807) is 31.7 Å². The second-order valence-electron chi connectivity index (χ2n) is 11.0. The van der Waals surface area contributed by atoms with Crippen molar-refractivity contribution in [2.24, 2.45) is 0 Å². The van der Waals surface area contributed by atoms with Gasteiger partial charge in [-0.05, 0) is 68.4 Å². The van der Waals surface area contributed by atoms with Gasteiger partial charge in [-0.1, -0.05) is 36.4 Å². The van der Waals surface area contributed by atoms with Crippen molar-refractivity contribution in [3.8, 4) is 11.1 Å². The van der Waals surface area contributed by atoms with Gasteiger partial charge in [0.25, 0.3) is 5.56 Å². The fourth-order valence-electron chi connectivity index (χ4n) is 5.94. The lowest BCUT2D eigenvalue weighted by Crippen LogP contribution is -2.50. The lowest BCUT2D eigenvalue weighted by atomic mass is 10.0. The molecule has 0 atom stereocenters. The molecule has 40 heavy (non-hydrogen) atoms. The van der Waals surface area contributed by atoms with Gasteiger partial charge in [-0.3, -0.25) is 23.5 Å². The quantitative estimate of drug-likeness (QED) is 0.492. The summed E-state index contributed by atoms with van der Waals surface area (Å²) in [7, 11) is 0. The molecule has 5 rings (SSSR count). The van der Waals surface area contributed by atoms with Gasteiger partial charge in [-0.2, -0.15) is 0 Å². The van der Waals surface area contributed by atoms with Crippen LogP contribution in [-0.4, -0.2) is 56.4 Å². The molecule has 0 unspecified atom stereocenters. The second kappa shape index (κ2) is 11.2. The molecule has 1 fully saturated rings. The lowest BCUT2D eigenvalue weighted by Gasteiger charge is -2.38. The van der Waals surface area contributed by atoms with Crippen LogP contribution in [0, 0.1) is 12.7 Å². The number of piperidine rings is 1. The average Bonchev–Trinajstić information content (AvgIpc) is 3.10. The van der Waals surface area contributed by atoms with E-state index in [1.807, 2.05) is 23.1 Å². The minimum Gasteiger partial charge on any atom is -0.341 e. The largest absolute Gasteiger partial charge is 0.341 e. The Morgan fingerprint density at radius 3 is 2.35 bits per heavy atom. The molecule has 2 amide bonds. The number of halogens is 1. The van der Waals surface area contributed by atoms with Crippen LogP contribution in [0.1, 0.15) is 49.4 Å². The third kappa shape index (κ3) is 5.24. The van der Waals surface area contributed by atoms with E-state index in [-0.39, 0.29) is 30.0 Å². The SMILES string of the molecule is Cc1c(F)cccc1-c1cn(CC(=O)N2CCC(N3CCc4ccccc4CC3=O)CC2)c(=O)n(C(C)C)c1=O. The summed E-state index contributed by atoms with van der Waals surface area (Å²) in [4.78, 5) is 56.6. The standard InChI is InChI=1S/C31H35FN4O4/c1-20(2)36-30(39)26(25-9-6-10-27(32)21(25)3)18-34(31(36)40)19-29(38)33-14-12-24(13-15-33)35-16-11-22-7-4-5-8-23(22)17-28(35)37/h4-10,18,20,24H,11-17,19H2,1-3H3. The van der Waals surface area contributed by atoms with Crippen molar-refractivity contribution < 1.29 is 14.0 Å². The summed E-state index contributed by atoms with van der Waals surface area (Å²) < 4.78 is 16.7. The Kier molecular flexibility index (Phi) is 7.74. The highest BCUT2D eigenvalue weighted by molar-refractivity contribution is 5.80. The van der Waals surface area contributed by atoms with E-state index in [1.165, 1.54) is 28.5 Å².